The summed E-state index contributed by atoms with van der Waals surface area (Å²) in [6, 6.07) is 7.47. The Bertz CT molecular complexity index is 340. The molecule has 1 rings (SSSR count). The molecule has 1 aromatic rings. The predicted molar refractivity (Wildman–Crippen MR) is 64.6 cm³/mol. The van der Waals surface area contributed by atoms with Crippen LogP contribution in [0.15, 0.2) is 29.2 Å². The zero-order chi connectivity index (χ0) is 12.0. The first kappa shape index (κ1) is 13.0. The van der Waals surface area contributed by atoms with Crippen LogP contribution in [0.4, 0.5) is 0 Å². The number of carbonyl (C=O) groups is 1. The fraction of sp³-hybridized carbons (Fsp3) is 0.364. The van der Waals surface area contributed by atoms with Gasteiger partial charge in [0.15, 0.2) is 0 Å². The molecule has 1 atom stereocenters. The highest BCUT2D eigenvalue weighted by Crippen LogP contribution is 2.25. The average molecular weight is 240 g/mol. The quantitative estimate of drug-likeness (QED) is 0.311. The van der Waals surface area contributed by atoms with Gasteiger partial charge in [0.05, 0.1) is 11.9 Å². The number of benzene rings is 1. The SMILES string of the molecule is CCC(Sc1ccc(CO)cc1)C(=O)NN. The maximum absolute atomic E-state index is 11.4. The molecule has 0 fully saturated rings. The Morgan fingerprint density at radius 2 is 2.12 bits per heavy atom. The van der Waals surface area contributed by atoms with Gasteiger partial charge in [0.1, 0.15) is 0 Å². The molecule has 4 N–H and O–H groups in total. The highest BCUT2D eigenvalue weighted by molar-refractivity contribution is 8.00. The molecular formula is C11H16N2O2S. The summed E-state index contributed by atoms with van der Waals surface area (Å²) in [5, 5.41) is 8.72. The van der Waals surface area contributed by atoms with E-state index in [9.17, 15) is 4.79 Å². The fourth-order valence-electron chi connectivity index (χ4n) is 1.25. The van der Waals surface area contributed by atoms with Gasteiger partial charge in [-0.1, -0.05) is 19.1 Å². The Morgan fingerprint density at radius 3 is 2.56 bits per heavy atom. The second kappa shape index (κ2) is 6.52. The third-order valence-corrected chi connectivity index (χ3v) is 3.57. The number of hydrogen-bond donors (Lipinski definition) is 3. The lowest BCUT2D eigenvalue weighted by Crippen LogP contribution is -2.37. The molecule has 16 heavy (non-hydrogen) atoms. The normalized spacial score (nSPS) is 12.2. The van der Waals surface area contributed by atoms with E-state index < -0.39 is 0 Å². The number of amides is 1. The molecule has 1 unspecified atom stereocenters. The van der Waals surface area contributed by atoms with Crippen molar-refractivity contribution >= 4 is 17.7 Å². The molecule has 0 bridgehead atoms. The molecule has 0 aromatic heterocycles. The molecule has 88 valence electrons. The van der Waals surface area contributed by atoms with Gasteiger partial charge in [-0.25, -0.2) is 5.84 Å². The number of aliphatic hydroxyl groups is 1. The molecule has 0 aliphatic rings. The maximum Gasteiger partial charge on any atom is 0.247 e. The zero-order valence-corrected chi connectivity index (χ0v) is 9.96. The molecule has 4 nitrogen and oxygen atoms in total. The first-order valence-electron chi connectivity index (χ1n) is 5.08. The monoisotopic (exact) mass is 240 g/mol. The van der Waals surface area contributed by atoms with Crippen LogP contribution in [-0.2, 0) is 11.4 Å². The van der Waals surface area contributed by atoms with E-state index >= 15 is 0 Å². The van der Waals surface area contributed by atoms with E-state index in [4.69, 9.17) is 10.9 Å². The number of thioether (sulfide) groups is 1. The van der Waals surface area contributed by atoms with Gasteiger partial charge in [-0.15, -0.1) is 11.8 Å². The van der Waals surface area contributed by atoms with E-state index in [1.165, 1.54) is 11.8 Å². The van der Waals surface area contributed by atoms with Crippen molar-refractivity contribution in [3.05, 3.63) is 29.8 Å². The van der Waals surface area contributed by atoms with Crippen molar-refractivity contribution in [1.29, 1.82) is 0 Å². The molecule has 0 aliphatic carbocycles. The second-order valence-electron chi connectivity index (χ2n) is 3.33. The van der Waals surface area contributed by atoms with Crippen molar-refractivity contribution in [3.8, 4) is 0 Å². The number of carbonyl (C=O) groups excluding carboxylic acids is 1. The van der Waals surface area contributed by atoms with Crippen molar-refractivity contribution in [2.24, 2.45) is 5.84 Å². The first-order valence-corrected chi connectivity index (χ1v) is 5.96. The van der Waals surface area contributed by atoms with Crippen LogP contribution in [0, 0.1) is 0 Å². The predicted octanol–water partition coefficient (Wildman–Crippen LogP) is 1.04. The van der Waals surface area contributed by atoms with Crippen LogP contribution < -0.4 is 11.3 Å². The number of aliphatic hydroxyl groups excluding tert-OH is 1. The number of hydrazine groups is 1. The molecule has 1 amide bonds. The summed E-state index contributed by atoms with van der Waals surface area (Å²) in [7, 11) is 0. The Kier molecular flexibility index (Phi) is 5.31. The summed E-state index contributed by atoms with van der Waals surface area (Å²) < 4.78 is 0. The maximum atomic E-state index is 11.4. The van der Waals surface area contributed by atoms with E-state index in [2.05, 4.69) is 5.43 Å². The lowest BCUT2D eigenvalue weighted by atomic mass is 10.2. The molecule has 5 heteroatoms. The molecule has 0 saturated carbocycles. The Balaban J connectivity index is 2.66. The van der Waals surface area contributed by atoms with Gasteiger partial charge in [0, 0.05) is 4.90 Å². The molecule has 0 heterocycles. The number of hydrogen-bond acceptors (Lipinski definition) is 4. The molecule has 1 aromatic carbocycles. The van der Waals surface area contributed by atoms with E-state index in [0.717, 1.165) is 16.9 Å². The third kappa shape index (κ3) is 3.52. The van der Waals surface area contributed by atoms with Gasteiger partial charge < -0.3 is 5.11 Å². The van der Waals surface area contributed by atoms with Crippen molar-refractivity contribution in [1.82, 2.24) is 5.43 Å². The topological polar surface area (TPSA) is 75.3 Å². The highest BCUT2D eigenvalue weighted by atomic mass is 32.2. The van der Waals surface area contributed by atoms with Crippen LogP contribution in [0.2, 0.25) is 0 Å². The fourth-order valence-corrected chi connectivity index (χ4v) is 2.22. The minimum absolute atomic E-state index is 0.0332. The van der Waals surface area contributed by atoms with Crippen LogP contribution >= 0.6 is 11.8 Å². The van der Waals surface area contributed by atoms with Crippen LogP contribution in [0.1, 0.15) is 18.9 Å². The summed E-state index contributed by atoms with van der Waals surface area (Å²) in [6.45, 7) is 1.97. The largest absolute Gasteiger partial charge is 0.392 e. The molecule has 0 spiro atoms. The van der Waals surface area contributed by atoms with Crippen molar-refractivity contribution < 1.29 is 9.90 Å². The smallest absolute Gasteiger partial charge is 0.247 e. The van der Waals surface area contributed by atoms with Crippen LogP contribution in [0.25, 0.3) is 0 Å². The first-order chi connectivity index (χ1) is 7.71. The molecular weight excluding hydrogens is 224 g/mol. The van der Waals surface area contributed by atoms with E-state index in [0.29, 0.717) is 0 Å². The Labute approximate surface area is 99.2 Å². The number of rotatable bonds is 5. The lowest BCUT2D eigenvalue weighted by Gasteiger charge is -2.12. The average Bonchev–Trinajstić information content (AvgIpc) is 2.35. The lowest BCUT2D eigenvalue weighted by molar-refractivity contribution is -0.120. The zero-order valence-electron chi connectivity index (χ0n) is 9.14. The summed E-state index contributed by atoms with van der Waals surface area (Å²) in [5.74, 6) is 4.93. The van der Waals surface area contributed by atoms with Gasteiger partial charge in [-0.3, -0.25) is 10.2 Å². The van der Waals surface area contributed by atoms with Crippen molar-refractivity contribution in [2.75, 3.05) is 0 Å². The van der Waals surface area contributed by atoms with Crippen LogP contribution in [-0.4, -0.2) is 16.3 Å². The van der Waals surface area contributed by atoms with Crippen molar-refractivity contribution in [3.63, 3.8) is 0 Å². The molecule has 0 saturated heterocycles. The van der Waals surface area contributed by atoms with E-state index in [-0.39, 0.29) is 17.8 Å². The van der Waals surface area contributed by atoms with Gasteiger partial charge in [0.2, 0.25) is 5.91 Å². The summed E-state index contributed by atoms with van der Waals surface area (Å²) in [4.78, 5) is 12.4. The summed E-state index contributed by atoms with van der Waals surface area (Å²) in [6.07, 6.45) is 0.718. The standard InChI is InChI=1S/C11H16N2O2S/c1-2-10(11(15)13-12)16-9-5-3-8(7-14)4-6-9/h3-6,10,14H,2,7,12H2,1H3,(H,13,15). The van der Waals surface area contributed by atoms with Crippen molar-refractivity contribution in [2.45, 2.75) is 30.1 Å². The van der Waals surface area contributed by atoms with Crippen LogP contribution in [0.3, 0.4) is 0 Å². The molecule has 0 radical (unpaired) electrons. The summed E-state index contributed by atoms with van der Waals surface area (Å²) in [5.41, 5.74) is 3.02. The van der Waals surface area contributed by atoms with Gasteiger partial charge in [0.25, 0.3) is 0 Å². The minimum Gasteiger partial charge on any atom is -0.392 e. The Morgan fingerprint density at radius 1 is 1.50 bits per heavy atom. The highest BCUT2D eigenvalue weighted by Gasteiger charge is 2.16. The number of nitrogens with one attached hydrogen (secondary N) is 1. The van der Waals surface area contributed by atoms with Gasteiger partial charge >= 0.3 is 0 Å². The number of nitrogens with two attached hydrogens (primary N) is 1. The second-order valence-corrected chi connectivity index (χ2v) is 4.60. The van der Waals surface area contributed by atoms with Gasteiger partial charge in [-0.2, -0.15) is 0 Å². The third-order valence-electron chi connectivity index (χ3n) is 2.19. The van der Waals surface area contributed by atoms with Gasteiger partial charge in [-0.05, 0) is 24.1 Å². The van der Waals surface area contributed by atoms with E-state index in [1.54, 1.807) is 0 Å². The Hall–Kier alpha value is -1.04. The molecule has 0 aliphatic heterocycles. The van der Waals surface area contributed by atoms with Crippen LogP contribution in [0.5, 0.6) is 0 Å². The van der Waals surface area contributed by atoms with E-state index in [1.807, 2.05) is 31.2 Å². The minimum atomic E-state index is -0.176. The summed E-state index contributed by atoms with van der Waals surface area (Å²) >= 11 is 1.47.